The number of benzene rings is 1. The summed E-state index contributed by atoms with van der Waals surface area (Å²) in [5.74, 6) is 0.537. The van der Waals surface area contributed by atoms with E-state index < -0.39 is 0 Å². The molecule has 0 atom stereocenters. The first-order valence-corrected chi connectivity index (χ1v) is 5.61. The molecule has 1 aromatic rings. The maximum Gasteiger partial charge on any atom is 0.307 e. The van der Waals surface area contributed by atoms with Gasteiger partial charge in [0.25, 0.3) is 0 Å². The van der Waals surface area contributed by atoms with Crippen molar-refractivity contribution in [2.75, 3.05) is 26.1 Å². The molecule has 0 saturated heterocycles. The summed E-state index contributed by atoms with van der Waals surface area (Å²) in [6, 6.07) is 5.61. The molecule has 0 amide bonds. The SMILES string of the molecule is COC(=O)CCNc1cc(OC)ccc1Br. The quantitative estimate of drug-likeness (QED) is 0.845. The van der Waals surface area contributed by atoms with Crippen molar-refractivity contribution in [1.29, 1.82) is 0 Å². The molecule has 0 aliphatic carbocycles. The van der Waals surface area contributed by atoms with Gasteiger partial charge in [-0.15, -0.1) is 0 Å². The topological polar surface area (TPSA) is 47.6 Å². The maximum absolute atomic E-state index is 10.9. The van der Waals surface area contributed by atoms with Gasteiger partial charge in [0.1, 0.15) is 5.75 Å². The van der Waals surface area contributed by atoms with Crippen LogP contribution in [0.5, 0.6) is 5.75 Å². The zero-order valence-electron chi connectivity index (χ0n) is 9.25. The van der Waals surface area contributed by atoms with Crippen LogP contribution in [0.25, 0.3) is 0 Å². The van der Waals surface area contributed by atoms with Crippen LogP contribution < -0.4 is 10.1 Å². The summed E-state index contributed by atoms with van der Waals surface area (Å²) in [6.07, 6.45) is 0.333. The smallest absolute Gasteiger partial charge is 0.307 e. The van der Waals surface area contributed by atoms with Gasteiger partial charge in [0.05, 0.1) is 26.3 Å². The van der Waals surface area contributed by atoms with E-state index in [0.717, 1.165) is 15.9 Å². The highest BCUT2D eigenvalue weighted by molar-refractivity contribution is 9.10. The summed E-state index contributed by atoms with van der Waals surface area (Å²) in [4.78, 5) is 10.9. The molecule has 0 saturated carbocycles. The summed E-state index contributed by atoms with van der Waals surface area (Å²) < 4.78 is 10.6. The number of carbonyl (C=O) groups is 1. The maximum atomic E-state index is 10.9. The number of methoxy groups -OCH3 is 2. The van der Waals surface area contributed by atoms with Crippen LogP contribution in [0, 0.1) is 0 Å². The Balaban J connectivity index is 2.55. The first-order chi connectivity index (χ1) is 7.67. The monoisotopic (exact) mass is 287 g/mol. The van der Waals surface area contributed by atoms with Crippen LogP contribution >= 0.6 is 15.9 Å². The second kappa shape index (κ2) is 6.37. The molecule has 1 N–H and O–H groups in total. The molecule has 1 aromatic carbocycles. The van der Waals surface area contributed by atoms with Gasteiger partial charge in [0.2, 0.25) is 0 Å². The Morgan fingerprint density at radius 3 is 2.81 bits per heavy atom. The highest BCUT2D eigenvalue weighted by atomic mass is 79.9. The zero-order chi connectivity index (χ0) is 12.0. The molecule has 0 radical (unpaired) electrons. The van der Waals surface area contributed by atoms with Crippen LogP contribution in [0.1, 0.15) is 6.42 Å². The van der Waals surface area contributed by atoms with E-state index in [2.05, 4.69) is 26.0 Å². The predicted molar refractivity (Wildman–Crippen MR) is 65.8 cm³/mol. The zero-order valence-corrected chi connectivity index (χ0v) is 10.8. The van der Waals surface area contributed by atoms with Crippen LogP contribution in [-0.4, -0.2) is 26.7 Å². The molecule has 5 heteroatoms. The summed E-state index contributed by atoms with van der Waals surface area (Å²) in [6.45, 7) is 0.526. The Morgan fingerprint density at radius 2 is 2.19 bits per heavy atom. The molecule has 0 bridgehead atoms. The Kier molecular flexibility index (Phi) is 5.11. The van der Waals surface area contributed by atoms with Crippen LogP contribution in [0.3, 0.4) is 0 Å². The predicted octanol–water partition coefficient (Wildman–Crippen LogP) is 2.43. The Morgan fingerprint density at radius 1 is 1.44 bits per heavy atom. The molecule has 1 rings (SSSR count). The van der Waals surface area contributed by atoms with Gasteiger partial charge in [0.15, 0.2) is 0 Å². The lowest BCUT2D eigenvalue weighted by Gasteiger charge is -2.09. The van der Waals surface area contributed by atoms with Crippen LogP contribution in [0.4, 0.5) is 5.69 Å². The van der Waals surface area contributed by atoms with Crippen molar-refractivity contribution in [1.82, 2.24) is 0 Å². The van der Waals surface area contributed by atoms with Crippen molar-refractivity contribution in [2.24, 2.45) is 0 Å². The lowest BCUT2D eigenvalue weighted by molar-refractivity contribution is -0.140. The van der Waals surface area contributed by atoms with Gasteiger partial charge in [-0.2, -0.15) is 0 Å². The molecule has 0 unspecified atom stereocenters. The first kappa shape index (κ1) is 12.8. The molecule has 88 valence electrons. The standard InChI is InChI=1S/C11H14BrNO3/c1-15-8-3-4-9(12)10(7-8)13-6-5-11(14)16-2/h3-4,7,13H,5-6H2,1-2H3. The third-order valence-corrected chi connectivity index (χ3v) is 2.74. The molecule has 0 aliphatic rings. The first-order valence-electron chi connectivity index (χ1n) is 4.81. The van der Waals surface area contributed by atoms with E-state index >= 15 is 0 Å². The van der Waals surface area contributed by atoms with Gasteiger partial charge in [-0.25, -0.2) is 0 Å². The van der Waals surface area contributed by atoms with E-state index in [4.69, 9.17) is 4.74 Å². The number of halogens is 1. The van der Waals surface area contributed by atoms with Gasteiger partial charge < -0.3 is 14.8 Å². The minimum atomic E-state index is -0.230. The van der Waals surface area contributed by atoms with E-state index in [1.54, 1.807) is 7.11 Å². The molecule has 0 fully saturated rings. The number of anilines is 1. The average Bonchev–Trinajstić information content (AvgIpc) is 2.31. The van der Waals surface area contributed by atoms with Crippen molar-refractivity contribution in [3.05, 3.63) is 22.7 Å². The molecule has 0 aromatic heterocycles. The van der Waals surface area contributed by atoms with Crippen molar-refractivity contribution in [3.63, 3.8) is 0 Å². The van der Waals surface area contributed by atoms with Crippen molar-refractivity contribution >= 4 is 27.6 Å². The fourth-order valence-corrected chi connectivity index (χ4v) is 1.55. The number of hydrogen-bond acceptors (Lipinski definition) is 4. The molecule has 16 heavy (non-hydrogen) atoms. The number of nitrogens with one attached hydrogen (secondary N) is 1. The van der Waals surface area contributed by atoms with Gasteiger partial charge in [-0.3, -0.25) is 4.79 Å². The third-order valence-electron chi connectivity index (χ3n) is 2.05. The summed E-state index contributed by atoms with van der Waals surface area (Å²) in [5.41, 5.74) is 0.892. The van der Waals surface area contributed by atoms with E-state index in [0.29, 0.717) is 13.0 Å². The normalized spacial score (nSPS) is 9.69. The molecular formula is C11H14BrNO3. The van der Waals surface area contributed by atoms with Crippen molar-refractivity contribution in [3.8, 4) is 5.75 Å². The molecule has 4 nitrogen and oxygen atoms in total. The van der Waals surface area contributed by atoms with E-state index in [1.165, 1.54) is 7.11 Å². The Labute approximate surface area is 103 Å². The van der Waals surface area contributed by atoms with E-state index in [-0.39, 0.29) is 5.97 Å². The fraction of sp³-hybridized carbons (Fsp3) is 0.364. The van der Waals surface area contributed by atoms with Gasteiger partial charge in [0, 0.05) is 17.1 Å². The van der Waals surface area contributed by atoms with Gasteiger partial charge >= 0.3 is 5.97 Å². The molecule has 0 spiro atoms. The van der Waals surface area contributed by atoms with Crippen LogP contribution in [0.15, 0.2) is 22.7 Å². The number of esters is 1. The number of hydrogen-bond donors (Lipinski definition) is 1. The minimum Gasteiger partial charge on any atom is -0.497 e. The lowest BCUT2D eigenvalue weighted by atomic mass is 10.3. The second-order valence-corrected chi connectivity index (χ2v) is 3.95. The molecular weight excluding hydrogens is 274 g/mol. The largest absolute Gasteiger partial charge is 0.497 e. The minimum absolute atomic E-state index is 0.230. The molecule has 0 heterocycles. The van der Waals surface area contributed by atoms with Gasteiger partial charge in [-0.1, -0.05) is 0 Å². The fourth-order valence-electron chi connectivity index (χ4n) is 1.17. The van der Waals surface area contributed by atoms with Gasteiger partial charge in [-0.05, 0) is 28.1 Å². The average molecular weight is 288 g/mol. The number of rotatable bonds is 5. The highest BCUT2D eigenvalue weighted by Gasteiger charge is 2.03. The van der Waals surface area contributed by atoms with Crippen LogP contribution in [0.2, 0.25) is 0 Å². The van der Waals surface area contributed by atoms with Crippen molar-refractivity contribution in [2.45, 2.75) is 6.42 Å². The summed E-state index contributed by atoms with van der Waals surface area (Å²) in [5, 5.41) is 3.13. The van der Waals surface area contributed by atoms with Crippen LogP contribution in [-0.2, 0) is 9.53 Å². The Hall–Kier alpha value is -1.23. The number of carbonyl (C=O) groups excluding carboxylic acids is 1. The summed E-state index contributed by atoms with van der Waals surface area (Å²) >= 11 is 3.41. The van der Waals surface area contributed by atoms with E-state index in [9.17, 15) is 4.79 Å². The lowest BCUT2D eigenvalue weighted by Crippen LogP contribution is -2.09. The summed E-state index contributed by atoms with van der Waals surface area (Å²) in [7, 11) is 2.99. The second-order valence-electron chi connectivity index (χ2n) is 3.10. The van der Waals surface area contributed by atoms with Crippen molar-refractivity contribution < 1.29 is 14.3 Å². The molecule has 0 aliphatic heterocycles. The highest BCUT2D eigenvalue weighted by Crippen LogP contribution is 2.26. The van der Waals surface area contributed by atoms with E-state index in [1.807, 2.05) is 18.2 Å². The third kappa shape index (κ3) is 3.73. The Bertz CT molecular complexity index is 368. The number of ether oxygens (including phenoxy) is 2.